The smallest absolute Gasteiger partial charge is 0.292 e. The molecule has 0 N–H and O–H groups in total. The van der Waals surface area contributed by atoms with E-state index in [1.165, 1.54) is 6.07 Å². The first-order valence-electron chi connectivity index (χ1n) is 3.94. The Balaban J connectivity index is 3.26. The van der Waals surface area contributed by atoms with Gasteiger partial charge in [-0.25, -0.2) is 0 Å². The largest absolute Gasteiger partial charge is 0.372 e. The van der Waals surface area contributed by atoms with Crippen LogP contribution in [-0.2, 0) is 0 Å². The second kappa shape index (κ2) is 3.43. The second-order valence-electron chi connectivity index (χ2n) is 3.14. The van der Waals surface area contributed by atoms with Crippen LogP contribution in [0.3, 0.4) is 0 Å². The number of hydrogen-bond acceptors (Lipinski definition) is 3. The van der Waals surface area contributed by atoms with E-state index in [0.29, 0.717) is 5.69 Å². The van der Waals surface area contributed by atoms with Crippen LogP contribution in [0.25, 0.3) is 0 Å². The minimum Gasteiger partial charge on any atom is -0.372 e. The first-order valence-corrected chi connectivity index (χ1v) is 3.94. The molecule has 0 fully saturated rings. The third kappa shape index (κ3) is 1.96. The summed E-state index contributed by atoms with van der Waals surface area (Å²) in [5.41, 5.74) is 1.81. The second-order valence-corrected chi connectivity index (χ2v) is 3.14. The van der Waals surface area contributed by atoms with Crippen molar-refractivity contribution in [3.8, 4) is 0 Å². The van der Waals surface area contributed by atoms with E-state index in [2.05, 4.69) is 0 Å². The van der Waals surface area contributed by atoms with Crippen molar-refractivity contribution in [3.63, 3.8) is 0 Å². The molecule has 0 heterocycles. The van der Waals surface area contributed by atoms with Crippen molar-refractivity contribution in [1.82, 2.24) is 0 Å². The lowest BCUT2D eigenvalue weighted by molar-refractivity contribution is -0.384. The van der Waals surface area contributed by atoms with Crippen molar-refractivity contribution in [3.05, 3.63) is 33.9 Å². The third-order valence-electron chi connectivity index (χ3n) is 1.81. The quantitative estimate of drug-likeness (QED) is 0.516. The topological polar surface area (TPSA) is 46.4 Å². The average Bonchev–Trinajstić information content (AvgIpc) is 2.03. The lowest BCUT2D eigenvalue weighted by Crippen LogP contribution is -2.11. The fourth-order valence-corrected chi connectivity index (χ4v) is 1.15. The molecule has 70 valence electrons. The Bertz CT molecular complexity index is 334. The van der Waals surface area contributed by atoms with E-state index >= 15 is 0 Å². The molecule has 0 aliphatic carbocycles. The lowest BCUT2D eigenvalue weighted by Gasteiger charge is -2.12. The van der Waals surface area contributed by atoms with Gasteiger partial charge >= 0.3 is 0 Å². The minimum atomic E-state index is -0.366. The van der Waals surface area contributed by atoms with Crippen molar-refractivity contribution in [1.29, 1.82) is 0 Å². The van der Waals surface area contributed by atoms with Gasteiger partial charge in [0, 0.05) is 20.2 Å². The summed E-state index contributed by atoms with van der Waals surface area (Å²) in [5, 5.41) is 10.6. The van der Waals surface area contributed by atoms with Crippen molar-refractivity contribution in [2.24, 2.45) is 0 Å². The molecular weight excluding hydrogens is 168 g/mol. The maximum Gasteiger partial charge on any atom is 0.292 e. The fourth-order valence-electron chi connectivity index (χ4n) is 1.15. The fraction of sp³-hybridized carbons (Fsp3) is 0.333. The Morgan fingerprint density at radius 2 is 2.00 bits per heavy atom. The molecule has 0 aromatic heterocycles. The van der Waals surface area contributed by atoms with Gasteiger partial charge in [0.1, 0.15) is 5.69 Å². The summed E-state index contributed by atoms with van der Waals surface area (Å²) in [6, 6.07) is 5.08. The molecular formula is C9H12N2O2. The molecule has 0 atom stereocenters. The molecule has 1 aromatic rings. The first-order chi connectivity index (χ1) is 6.02. The zero-order valence-corrected chi connectivity index (χ0v) is 7.94. The van der Waals surface area contributed by atoms with Crippen molar-refractivity contribution in [2.45, 2.75) is 6.92 Å². The Morgan fingerprint density at radius 3 is 2.46 bits per heavy atom. The van der Waals surface area contributed by atoms with Crippen molar-refractivity contribution < 1.29 is 4.92 Å². The molecule has 0 bridgehead atoms. The van der Waals surface area contributed by atoms with Gasteiger partial charge in [-0.3, -0.25) is 10.1 Å². The van der Waals surface area contributed by atoms with E-state index in [1.54, 1.807) is 31.1 Å². The van der Waals surface area contributed by atoms with Crippen LogP contribution < -0.4 is 4.90 Å². The number of aryl methyl sites for hydroxylation is 1. The molecule has 0 saturated carbocycles. The molecule has 1 rings (SSSR count). The van der Waals surface area contributed by atoms with E-state index in [1.807, 2.05) is 6.92 Å². The van der Waals surface area contributed by atoms with E-state index in [9.17, 15) is 10.1 Å². The highest BCUT2D eigenvalue weighted by atomic mass is 16.6. The number of anilines is 1. The average molecular weight is 180 g/mol. The predicted molar refractivity (Wildman–Crippen MR) is 52.2 cm³/mol. The van der Waals surface area contributed by atoms with E-state index in [4.69, 9.17) is 0 Å². The summed E-state index contributed by atoms with van der Waals surface area (Å²) in [6.45, 7) is 1.91. The van der Waals surface area contributed by atoms with Gasteiger partial charge in [-0.1, -0.05) is 6.07 Å². The molecule has 4 nitrogen and oxygen atoms in total. The van der Waals surface area contributed by atoms with Crippen LogP contribution in [0, 0.1) is 17.0 Å². The molecule has 0 saturated heterocycles. The summed E-state index contributed by atoms with van der Waals surface area (Å²) in [7, 11) is 3.59. The van der Waals surface area contributed by atoms with Gasteiger partial charge in [0.2, 0.25) is 0 Å². The maximum atomic E-state index is 10.6. The summed E-state index contributed by atoms with van der Waals surface area (Å²) in [6.07, 6.45) is 0. The summed E-state index contributed by atoms with van der Waals surface area (Å²) >= 11 is 0. The van der Waals surface area contributed by atoms with Crippen LogP contribution in [0.5, 0.6) is 0 Å². The van der Waals surface area contributed by atoms with Gasteiger partial charge in [-0.05, 0) is 18.6 Å². The number of hydrogen-bond donors (Lipinski definition) is 0. The van der Waals surface area contributed by atoms with Gasteiger partial charge in [-0.15, -0.1) is 0 Å². The number of benzene rings is 1. The number of nitro benzene ring substituents is 1. The van der Waals surface area contributed by atoms with E-state index < -0.39 is 0 Å². The molecule has 4 heteroatoms. The van der Waals surface area contributed by atoms with Crippen LogP contribution in [0.2, 0.25) is 0 Å². The molecule has 0 radical (unpaired) electrons. The summed E-state index contributed by atoms with van der Waals surface area (Å²) in [4.78, 5) is 12.0. The zero-order valence-electron chi connectivity index (χ0n) is 7.94. The standard InChI is InChI=1S/C9H12N2O2/c1-7-4-5-8(11(12)13)9(6-7)10(2)3/h4-6H,1-3H3. The highest BCUT2D eigenvalue weighted by Gasteiger charge is 2.14. The SMILES string of the molecule is Cc1ccc([N+](=O)[O-])c(N(C)C)c1. The third-order valence-corrected chi connectivity index (χ3v) is 1.81. The first kappa shape index (κ1) is 9.51. The molecule has 0 spiro atoms. The summed E-state index contributed by atoms with van der Waals surface area (Å²) < 4.78 is 0. The van der Waals surface area contributed by atoms with Gasteiger partial charge < -0.3 is 4.90 Å². The van der Waals surface area contributed by atoms with Crippen LogP contribution in [0.4, 0.5) is 11.4 Å². The highest BCUT2D eigenvalue weighted by Crippen LogP contribution is 2.27. The van der Waals surface area contributed by atoms with Crippen molar-refractivity contribution in [2.75, 3.05) is 19.0 Å². The van der Waals surface area contributed by atoms with Crippen LogP contribution in [-0.4, -0.2) is 19.0 Å². The number of nitrogens with zero attached hydrogens (tertiary/aromatic N) is 2. The normalized spacial score (nSPS) is 9.77. The lowest BCUT2D eigenvalue weighted by atomic mass is 10.2. The molecule has 13 heavy (non-hydrogen) atoms. The Hall–Kier alpha value is -1.58. The Morgan fingerprint density at radius 1 is 1.38 bits per heavy atom. The maximum absolute atomic E-state index is 10.6. The van der Waals surface area contributed by atoms with Gasteiger partial charge in [0.05, 0.1) is 4.92 Å². The van der Waals surface area contributed by atoms with E-state index in [0.717, 1.165) is 5.56 Å². The number of nitro groups is 1. The zero-order chi connectivity index (χ0) is 10.0. The monoisotopic (exact) mass is 180 g/mol. The Labute approximate surface area is 76.9 Å². The molecule has 0 unspecified atom stereocenters. The summed E-state index contributed by atoms with van der Waals surface area (Å²) in [5.74, 6) is 0. The molecule has 0 amide bonds. The van der Waals surface area contributed by atoms with Crippen LogP contribution in [0.15, 0.2) is 18.2 Å². The van der Waals surface area contributed by atoms with E-state index in [-0.39, 0.29) is 10.6 Å². The predicted octanol–water partition coefficient (Wildman–Crippen LogP) is 1.97. The van der Waals surface area contributed by atoms with Gasteiger partial charge in [-0.2, -0.15) is 0 Å². The molecule has 0 aliphatic heterocycles. The number of rotatable bonds is 2. The van der Waals surface area contributed by atoms with Gasteiger partial charge in [0.25, 0.3) is 5.69 Å². The minimum absolute atomic E-state index is 0.149. The highest BCUT2D eigenvalue weighted by molar-refractivity contribution is 5.63. The van der Waals surface area contributed by atoms with Crippen LogP contribution >= 0.6 is 0 Å². The van der Waals surface area contributed by atoms with Crippen molar-refractivity contribution >= 4 is 11.4 Å². The molecule has 1 aromatic carbocycles. The van der Waals surface area contributed by atoms with Gasteiger partial charge in [0.15, 0.2) is 0 Å². The molecule has 0 aliphatic rings. The van der Waals surface area contributed by atoms with Crippen LogP contribution in [0.1, 0.15) is 5.56 Å². The Kier molecular flexibility index (Phi) is 2.51.